The highest BCUT2D eigenvalue weighted by molar-refractivity contribution is 7.89. The predicted molar refractivity (Wildman–Crippen MR) is 98.3 cm³/mol. The third-order valence-electron chi connectivity index (χ3n) is 5.24. The normalized spacial score (nSPS) is 17.0. The van der Waals surface area contributed by atoms with Crippen LogP contribution in [0.4, 0.5) is 10.1 Å². The zero-order valence-electron chi connectivity index (χ0n) is 14.3. The van der Waals surface area contributed by atoms with Gasteiger partial charge in [-0.25, -0.2) is 12.8 Å². The first-order valence-electron chi connectivity index (χ1n) is 8.64. The smallest absolute Gasteiger partial charge is 0.243 e. The minimum absolute atomic E-state index is 0.131. The van der Waals surface area contributed by atoms with Crippen LogP contribution in [0.2, 0.25) is 0 Å². The second-order valence-corrected chi connectivity index (χ2v) is 8.84. The highest BCUT2D eigenvalue weighted by Crippen LogP contribution is 2.32. The fraction of sp³-hybridized carbons (Fsp3) is 0.211. The maximum Gasteiger partial charge on any atom is 0.243 e. The SMILES string of the molecule is O=C1Cc2cc(S(=O)(=O)N3CCc4[nH]c5cc(F)ccc5c4C3)ccc2N1. The van der Waals surface area contributed by atoms with Crippen LogP contribution in [0.25, 0.3) is 10.9 Å². The molecule has 27 heavy (non-hydrogen) atoms. The third-order valence-corrected chi connectivity index (χ3v) is 7.08. The van der Waals surface area contributed by atoms with E-state index in [1.54, 1.807) is 18.2 Å². The second-order valence-electron chi connectivity index (χ2n) is 6.90. The summed E-state index contributed by atoms with van der Waals surface area (Å²) in [6, 6.07) is 9.23. The molecule has 0 fully saturated rings. The zero-order valence-corrected chi connectivity index (χ0v) is 15.1. The molecule has 2 N–H and O–H groups in total. The van der Waals surface area contributed by atoms with Gasteiger partial charge in [0.2, 0.25) is 15.9 Å². The van der Waals surface area contributed by atoms with E-state index in [2.05, 4.69) is 10.3 Å². The Bertz CT molecular complexity index is 1220. The molecule has 2 aliphatic heterocycles. The van der Waals surface area contributed by atoms with Crippen molar-refractivity contribution in [3.63, 3.8) is 0 Å². The molecule has 3 aromatic rings. The highest BCUT2D eigenvalue weighted by Gasteiger charge is 2.31. The number of carbonyl (C=O) groups is 1. The molecule has 0 spiro atoms. The van der Waals surface area contributed by atoms with Crippen molar-refractivity contribution in [2.45, 2.75) is 24.3 Å². The number of amides is 1. The van der Waals surface area contributed by atoms with E-state index in [-0.39, 0.29) is 29.6 Å². The number of fused-ring (bicyclic) bond motifs is 4. The largest absolute Gasteiger partial charge is 0.358 e. The summed E-state index contributed by atoms with van der Waals surface area (Å²) in [6.07, 6.45) is 0.729. The first-order chi connectivity index (χ1) is 12.9. The van der Waals surface area contributed by atoms with E-state index in [1.165, 1.54) is 22.5 Å². The van der Waals surface area contributed by atoms with Crippen LogP contribution in [0.1, 0.15) is 16.8 Å². The van der Waals surface area contributed by atoms with E-state index in [0.717, 1.165) is 16.6 Å². The van der Waals surface area contributed by atoms with Crippen molar-refractivity contribution < 1.29 is 17.6 Å². The summed E-state index contributed by atoms with van der Waals surface area (Å²) in [5.41, 5.74) is 3.88. The quantitative estimate of drug-likeness (QED) is 0.711. The Morgan fingerprint density at radius 3 is 2.81 bits per heavy atom. The summed E-state index contributed by atoms with van der Waals surface area (Å²) < 4.78 is 41.2. The van der Waals surface area contributed by atoms with Crippen LogP contribution < -0.4 is 5.32 Å². The molecule has 0 aliphatic carbocycles. The number of aromatic amines is 1. The number of benzene rings is 2. The number of nitrogens with one attached hydrogen (secondary N) is 2. The number of hydrogen-bond acceptors (Lipinski definition) is 3. The lowest BCUT2D eigenvalue weighted by molar-refractivity contribution is -0.115. The van der Waals surface area contributed by atoms with Crippen LogP contribution in [0.15, 0.2) is 41.3 Å². The first kappa shape index (κ1) is 16.5. The number of halogens is 1. The van der Waals surface area contributed by atoms with Crippen molar-refractivity contribution >= 4 is 32.5 Å². The molecule has 138 valence electrons. The van der Waals surface area contributed by atoms with Gasteiger partial charge in [-0.05, 0) is 47.5 Å². The van der Waals surface area contributed by atoms with Crippen LogP contribution in [0.3, 0.4) is 0 Å². The lowest BCUT2D eigenvalue weighted by atomic mass is 10.1. The summed E-state index contributed by atoms with van der Waals surface area (Å²) >= 11 is 0. The van der Waals surface area contributed by atoms with Gasteiger partial charge < -0.3 is 10.3 Å². The molecule has 6 nitrogen and oxygen atoms in total. The number of nitrogens with zero attached hydrogens (tertiary/aromatic N) is 1. The topological polar surface area (TPSA) is 82.3 Å². The Balaban J connectivity index is 1.52. The van der Waals surface area contributed by atoms with Crippen LogP contribution in [0.5, 0.6) is 0 Å². The van der Waals surface area contributed by atoms with Gasteiger partial charge in [-0.15, -0.1) is 0 Å². The number of sulfonamides is 1. The number of carbonyl (C=O) groups excluding carboxylic acids is 1. The van der Waals surface area contributed by atoms with Gasteiger partial charge in [0.25, 0.3) is 0 Å². The van der Waals surface area contributed by atoms with E-state index in [4.69, 9.17) is 0 Å². The van der Waals surface area contributed by atoms with E-state index in [9.17, 15) is 17.6 Å². The van der Waals surface area contributed by atoms with Crippen molar-refractivity contribution in [1.82, 2.24) is 9.29 Å². The van der Waals surface area contributed by atoms with Gasteiger partial charge in [-0.2, -0.15) is 4.31 Å². The maximum atomic E-state index is 13.5. The molecule has 0 saturated carbocycles. The molecule has 5 rings (SSSR count). The molecule has 3 heterocycles. The summed E-state index contributed by atoms with van der Waals surface area (Å²) in [4.78, 5) is 14.9. The molecule has 0 bridgehead atoms. The molecule has 0 unspecified atom stereocenters. The Labute approximate surface area is 155 Å². The van der Waals surface area contributed by atoms with Gasteiger partial charge in [0, 0.05) is 41.8 Å². The second kappa shape index (κ2) is 5.64. The molecule has 2 aliphatic rings. The van der Waals surface area contributed by atoms with Crippen molar-refractivity contribution in [3.05, 3.63) is 59.0 Å². The number of rotatable bonds is 2. The molecular formula is C19H16FN3O3S. The van der Waals surface area contributed by atoms with Crippen molar-refractivity contribution in [2.75, 3.05) is 11.9 Å². The highest BCUT2D eigenvalue weighted by atomic mass is 32.2. The number of hydrogen-bond donors (Lipinski definition) is 2. The number of aromatic nitrogens is 1. The monoisotopic (exact) mass is 385 g/mol. The van der Waals surface area contributed by atoms with Crippen LogP contribution in [0, 0.1) is 5.82 Å². The van der Waals surface area contributed by atoms with Crippen molar-refractivity contribution in [1.29, 1.82) is 0 Å². The maximum absolute atomic E-state index is 13.5. The van der Waals surface area contributed by atoms with E-state index in [1.807, 2.05) is 0 Å². The zero-order chi connectivity index (χ0) is 18.8. The van der Waals surface area contributed by atoms with Gasteiger partial charge in [0.15, 0.2) is 0 Å². The Hall–Kier alpha value is -2.71. The fourth-order valence-electron chi connectivity index (χ4n) is 3.89. The Morgan fingerprint density at radius 2 is 1.96 bits per heavy atom. The summed E-state index contributed by atoms with van der Waals surface area (Å²) in [5, 5.41) is 3.55. The van der Waals surface area contributed by atoms with Gasteiger partial charge >= 0.3 is 0 Å². The fourth-order valence-corrected chi connectivity index (χ4v) is 5.35. The van der Waals surface area contributed by atoms with Crippen molar-refractivity contribution in [2.24, 2.45) is 0 Å². The van der Waals surface area contributed by atoms with Gasteiger partial charge in [-0.1, -0.05) is 0 Å². The minimum atomic E-state index is -3.69. The molecule has 0 atom stereocenters. The van der Waals surface area contributed by atoms with Gasteiger partial charge in [-0.3, -0.25) is 4.79 Å². The average molecular weight is 385 g/mol. The summed E-state index contributed by atoms with van der Waals surface area (Å²) in [5.74, 6) is -0.458. The number of H-pyrrole nitrogens is 1. The van der Waals surface area contributed by atoms with Crippen LogP contribution in [-0.2, 0) is 34.2 Å². The molecule has 1 aromatic heterocycles. The van der Waals surface area contributed by atoms with Crippen LogP contribution in [-0.4, -0.2) is 30.2 Å². The number of anilines is 1. The van der Waals surface area contributed by atoms with E-state index in [0.29, 0.717) is 29.7 Å². The first-order valence-corrected chi connectivity index (χ1v) is 10.1. The molecule has 2 aromatic carbocycles. The van der Waals surface area contributed by atoms with E-state index < -0.39 is 10.0 Å². The third kappa shape index (κ3) is 2.55. The van der Waals surface area contributed by atoms with Gasteiger partial charge in [0.05, 0.1) is 11.3 Å². The lowest BCUT2D eigenvalue weighted by Gasteiger charge is -2.26. The minimum Gasteiger partial charge on any atom is -0.358 e. The lowest BCUT2D eigenvalue weighted by Crippen LogP contribution is -2.35. The summed E-state index contributed by atoms with van der Waals surface area (Å²) in [6.45, 7) is 0.580. The van der Waals surface area contributed by atoms with Crippen LogP contribution >= 0.6 is 0 Å². The average Bonchev–Trinajstić information content (AvgIpc) is 3.18. The molecule has 0 saturated heterocycles. The Kier molecular flexibility index (Phi) is 3.44. The van der Waals surface area contributed by atoms with Crippen molar-refractivity contribution in [3.8, 4) is 0 Å². The van der Waals surface area contributed by atoms with E-state index >= 15 is 0 Å². The molecule has 8 heteroatoms. The standard InChI is InChI=1S/C19H16FN3O3S/c20-12-1-3-14-15-10-23(6-5-17(15)21-18(14)9-12)27(25,26)13-2-4-16-11(7-13)8-19(24)22-16/h1-4,7,9,21H,5-6,8,10H2,(H,22,24). The Morgan fingerprint density at radius 1 is 1.11 bits per heavy atom. The predicted octanol–water partition coefficient (Wildman–Crippen LogP) is 2.55. The molecular weight excluding hydrogens is 369 g/mol. The summed E-state index contributed by atoms with van der Waals surface area (Å²) in [7, 11) is -3.69. The molecule has 1 amide bonds. The van der Waals surface area contributed by atoms with Gasteiger partial charge in [0.1, 0.15) is 5.82 Å². The molecule has 0 radical (unpaired) electrons.